The number of ether oxygens (including phenoxy) is 2. The molecule has 0 spiro atoms. The minimum atomic E-state index is -8.44. The molecule has 0 aliphatic heterocycles. The highest BCUT2D eigenvalue weighted by Gasteiger charge is 2.92. The van der Waals surface area contributed by atoms with Crippen LogP contribution in [0.2, 0.25) is 0 Å². The van der Waals surface area contributed by atoms with Crippen molar-refractivity contribution in [2.24, 2.45) is 0 Å². The van der Waals surface area contributed by atoms with E-state index in [-0.39, 0.29) is 0 Å². The zero-order valence-corrected chi connectivity index (χ0v) is 12.6. The van der Waals surface area contributed by atoms with Gasteiger partial charge in [-0.1, -0.05) is 0 Å². The Morgan fingerprint density at radius 2 is 0.567 bits per heavy atom. The van der Waals surface area contributed by atoms with Crippen molar-refractivity contribution in [2.75, 3.05) is 0 Å². The topological polar surface area (TPSA) is 18.5 Å². The molecule has 0 aromatic rings. The Labute approximate surface area is 150 Å². The van der Waals surface area contributed by atoms with Crippen molar-refractivity contribution < 1.29 is 88.5 Å². The molecule has 0 saturated carbocycles. The number of rotatable bonds is 9. The predicted molar refractivity (Wildman–Crippen MR) is 52.6 cm³/mol. The summed E-state index contributed by atoms with van der Waals surface area (Å²) in [5, 5.41) is 0. The molecule has 20 heteroatoms. The Balaban J connectivity index is 6.45. The molecule has 178 valence electrons. The van der Waals surface area contributed by atoms with Crippen LogP contribution in [0, 0.1) is 0 Å². The van der Waals surface area contributed by atoms with Crippen molar-refractivity contribution in [1.82, 2.24) is 0 Å². The normalized spacial score (nSPS) is 14.3. The van der Waals surface area contributed by atoms with Gasteiger partial charge in [0.15, 0.2) is 0 Å². The molecule has 0 bridgehead atoms. The summed E-state index contributed by atoms with van der Waals surface area (Å²) < 4.78 is 230. The monoisotopic (exact) mass is 494 g/mol. The second-order valence-electron chi connectivity index (χ2n) is 4.60. The highest BCUT2D eigenvalue weighted by molar-refractivity contribution is 5.09. The van der Waals surface area contributed by atoms with Gasteiger partial charge in [-0.3, -0.25) is 0 Å². The molecule has 0 amide bonds. The highest BCUT2D eigenvalue weighted by atomic mass is 19.4. The van der Waals surface area contributed by atoms with E-state index in [4.69, 9.17) is 0 Å². The van der Waals surface area contributed by atoms with Crippen LogP contribution in [0.4, 0.5) is 79.0 Å². The second kappa shape index (κ2) is 7.82. The van der Waals surface area contributed by atoms with E-state index in [0.717, 1.165) is 0 Å². The van der Waals surface area contributed by atoms with Crippen molar-refractivity contribution in [3.05, 3.63) is 24.2 Å². The first kappa shape index (κ1) is 27.8. The third kappa shape index (κ3) is 4.30. The summed E-state index contributed by atoms with van der Waals surface area (Å²) in [5.41, 5.74) is 0. The average molecular weight is 494 g/mol. The Kier molecular flexibility index (Phi) is 7.25. The second-order valence-corrected chi connectivity index (χ2v) is 4.60. The largest absolute Gasteiger partial charge is 0.472 e. The van der Waals surface area contributed by atoms with Gasteiger partial charge in [0.2, 0.25) is 0 Å². The third-order valence-electron chi connectivity index (χ3n) is 2.65. The number of alkyl halides is 12. The van der Waals surface area contributed by atoms with Crippen LogP contribution < -0.4 is 0 Å². The first-order valence-electron chi connectivity index (χ1n) is 5.97. The molecule has 0 atom stereocenters. The molecule has 0 aliphatic rings. The van der Waals surface area contributed by atoms with Crippen molar-refractivity contribution in [2.45, 2.75) is 35.9 Å². The smallest absolute Gasteiger partial charge is 0.397 e. The molecule has 0 fully saturated rings. The Hall–Kier alpha value is -2.18. The van der Waals surface area contributed by atoms with Gasteiger partial charge in [0.05, 0.1) is 0 Å². The minimum absolute atomic E-state index is 1.68. The lowest BCUT2D eigenvalue weighted by Crippen LogP contribution is -2.71. The molecule has 0 aromatic carbocycles. The maximum Gasteiger partial charge on any atom is 0.472 e. The van der Waals surface area contributed by atoms with Gasteiger partial charge in [-0.05, 0) is 0 Å². The summed E-state index contributed by atoms with van der Waals surface area (Å²) in [7, 11) is 0. The van der Waals surface area contributed by atoms with E-state index in [9.17, 15) is 79.0 Å². The minimum Gasteiger partial charge on any atom is -0.397 e. The molecule has 0 heterocycles. The fourth-order valence-electron chi connectivity index (χ4n) is 1.19. The van der Waals surface area contributed by atoms with Gasteiger partial charge < -0.3 is 9.47 Å². The van der Waals surface area contributed by atoms with Gasteiger partial charge in [-0.15, -0.1) is 0 Å². The maximum atomic E-state index is 13.1. The van der Waals surface area contributed by atoms with E-state index in [1.807, 2.05) is 0 Å². The molecule has 0 radical (unpaired) electrons. The summed E-state index contributed by atoms with van der Waals surface area (Å²) in [6.45, 7) is 0. The molecule has 0 aliphatic carbocycles. The Morgan fingerprint density at radius 1 is 0.367 bits per heavy atom. The molecular weight excluding hydrogens is 494 g/mol. The molecular formula is C10F18O2. The van der Waals surface area contributed by atoms with Crippen molar-refractivity contribution in [3.8, 4) is 0 Å². The average Bonchev–Trinajstić information content (AvgIpc) is 2.52. The molecule has 0 rings (SSSR count). The maximum absolute atomic E-state index is 13.1. The van der Waals surface area contributed by atoms with Crippen LogP contribution in [0.25, 0.3) is 0 Å². The van der Waals surface area contributed by atoms with Gasteiger partial charge >= 0.3 is 60.1 Å². The van der Waals surface area contributed by atoms with Crippen LogP contribution in [-0.2, 0) is 9.47 Å². The van der Waals surface area contributed by atoms with E-state index < -0.39 is 60.1 Å². The standard InChI is InChI=1S/C10F18O2/c11-1(12)3(15)29-9(25,26)7(21,22)5(17,18)6(19,20)8(23,24)10(27,28)30-4(16)2(13)14. The van der Waals surface area contributed by atoms with Gasteiger partial charge in [0.25, 0.3) is 0 Å². The van der Waals surface area contributed by atoms with E-state index >= 15 is 0 Å². The molecule has 2 nitrogen and oxygen atoms in total. The molecule has 0 N–H and O–H groups in total. The Morgan fingerprint density at radius 3 is 0.733 bits per heavy atom. The lowest BCUT2D eigenvalue weighted by atomic mass is 9.97. The van der Waals surface area contributed by atoms with Crippen LogP contribution in [0.3, 0.4) is 0 Å². The van der Waals surface area contributed by atoms with E-state index in [0.29, 0.717) is 0 Å². The van der Waals surface area contributed by atoms with Crippen molar-refractivity contribution >= 4 is 0 Å². The first-order chi connectivity index (χ1) is 12.9. The van der Waals surface area contributed by atoms with Crippen molar-refractivity contribution in [1.29, 1.82) is 0 Å². The molecule has 0 aromatic heterocycles. The summed E-state index contributed by atoms with van der Waals surface area (Å²) in [6, 6.07) is -8.19. The molecule has 0 saturated heterocycles. The quantitative estimate of drug-likeness (QED) is 0.259. The predicted octanol–water partition coefficient (Wildman–Crippen LogP) is 6.82. The SMILES string of the molecule is FC(F)=C(F)OC(F)(F)C(F)(F)C(F)(F)C(F)(F)C(F)(F)C(F)(F)OC(F)=C(F)F. The summed E-state index contributed by atoms with van der Waals surface area (Å²) in [6.07, 6.45) is -23.2. The lowest BCUT2D eigenvalue weighted by molar-refractivity contribution is -0.473. The number of hydrogen-bond donors (Lipinski definition) is 0. The Bertz CT molecular complexity index is 638. The highest BCUT2D eigenvalue weighted by Crippen LogP contribution is 2.60. The van der Waals surface area contributed by atoms with Gasteiger partial charge in [-0.25, -0.2) is 0 Å². The van der Waals surface area contributed by atoms with Gasteiger partial charge in [0, 0.05) is 0 Å². The van der Waals surface area contributed by atoms with Crippen LogP contribution in [0.15, 0.2) is 24.2 Å². The van der Waals surface area contributed by atoms with Crippen LogP contribution in [0.1, 0.15) is 0 Å². The lowest BCUT2D eigenvalue weighted by Gasteiger charge is -2.39. The van der Waals surface area contributed by atoms with Gasteiger partial charge in [0.1, 0.15) is 0 Å². The molecule has 30 heavy (non-hydrogen) atoms. The fourth-order valence-corrected chi connectivity index (χ4v) is 1.19. The zero-order valence-electron chi connectivity index (χ0n) is 12.6. The van der Waals surface area contributed by atoms with E-state index in [1.165, 1.54) is 0 Å². The fraction of sp³-hybridized carbons (Fsp3) is 0.600. The first-order valence-corrected chi connectivity index (χ1v) is 5.97. The molecule has 0 unspecified atom stereocenters. The third-order valence-corrected chi connectivity index (χ3v) is 2.65. The van der Waals surface area contributed by atoms with E-state index in [1.54, 1.807) is 9.47 Å². The van der Waals surface area contributed by atoms with Crippen molar-refractivity contribution in [3.63, 3.8) is 0 Å². The number of halogens is 18. The summed E-state index contributed by atoms with van der Waals surface area (Å²) >= 11 is 0. The van der Waals surface area contributed by atoms with Crippen LogP contribution in [-0.4, -0.2) is 35.9 Å². The summed E-state index contributed by atoms with van der Waals surface area (Å²) in [4.78, 5) is 0. The van der Waals surface area contributed by atoms with Gasteiger partial charge in [-0.2, -0.15) is 79.0 Å². The zero-order chi connectivity index (χ0) is 24.7. The number of hydrogen-bond acceptors (Lipinski definition) is 2. The van der Waals surface area contributed by atoms with E-state index in [2.05, 4.69) is 0 Å². The van der Waals surface area contributed by atoms with Crippen LogP contribution in [0.5, 0.6) is 0 Å². The summed E-state index contributed by atoms with van der Waals surface area (Å²) in [5.74, 6) is -33.2. The van der Waals surface area contributed by atoms with Crippen LogP contribution >= 0.6 is 0 Å².